The van der Waals surface area contributed by atoms with Crippen LogP contribution in [-0.4, -0.2) is 14.6 Å². The smallest absolute Gasteiger partial charge is 0.264 e. The Morgan fingerprint density at radius 3 is 2.11 bits per heavy atom. The second-order valence-electron chi connectivity index (χ2n) is 1.15. The fourth-order valence-electron chi connectivity index (χ4n) is 0.200. The fraction of sp³-hybridized carbons (Fsp3) is 0. The molecule has 0 aliphatic heterocycles. The molecule has 9 heavy (non-hydrogen) atoms. The molecule has 0 unspecified atom stereocenters. The van der Waals surface area contributed by atoms with E-state index in [0.717, 1.165) is 6.20 Å². The van der Waals surface area contributed by atoms with Gasteiger partial charge in [0.2, 0.25) is 0 Å². The number of hydrogen-bond donors (Lipinski definition) is 2. The number of nitrogens with two attached hydrogens (primary N) is 1. The third-order valence-corrected chi connectivity index (χ3v) is 1.94. The van der Waals surface area contributed by atoms with Crippen molar-refractivity contribution in [1.29, 1.82) is 5.41 Å². The van der Waals surface area contributed by atoms with E-state index < -0.39 is 14.0 Å². The molecule has 0 atom stereocenters. The van der Waals surface area contributed by atoms with Crippen molar-refractivity contribution in [2.75, 3.05) is 0 Å². The molecule has 0 heterocycles. The molecular formula is C3H5ClN2O2S. The molecule has 0 radical (unpaired) electrons. The normalized spacial score (nSPS) is 13.2. The molecule has 6 heteroatoms. The lowest BCUT2D eigenvalue weighted by molar-refractivity contribution is 0.616. The minimum absolute atomic E-state index is 0.399. The lowest BCUT2D eigenvalue weighted by Crippen LogP contribution is -1.98. The lowest BCUT2D eigenvalue weighted by atomic mass is 10.7. The molecule has 0 amide bonds. The van der Waals surface area contributed by atoms with E-state index >= 15 is 0 Å². The Morgan fingerprint density at radius 1 is 1.67 bits per heavy atom. The highest BCUT2D eigenvalue weighted by molar-refractivity contribution is 8.17. The minimum Gasteiger partial charge on any atom is -0.403 e. The first-order valence-electron chi connectivity index (χ1n) is 1.89. The maximum absolute atomic E-state index is 10.3. The first kappa shape index (κ1) is 8.45. The zero-order chi connectivity index (χ0) is 7.49. The summed E-state index contributed by atoms with van der Waals surface area (Å²) >= 11 is 0. The first-order chi connectivity index (χ1) is 4.02. The van der Waals surface area contributed by atoms with Crippen LogP contribution in [0.25, 0.3) is 0 Å². The van der Waals surface area contributed by atoms with Gasteiger partial charge in [0.05, 0.1) is 0 Å². The first-order valence-corrected chi connectivity index (χ1v) is 4.20. The van der Waals surface area contributed by atoms with E-state index in [4.69, 9.17) is 21.8 Å². The standard InChI is InChI=1S/C3H5ClN2O2S/c4-9(7,8)3(1-5)2-6/h1-2,5H,6H2/b3-2+,5-1?. The third-order valence-electron chi connectivity index (χ3n) is 0.588. The van der Waals surface area contributed by atoms with E-state index in [2.05, 4.69) is 0 Å². The van der Waals surface area contributed by atoms with Gasteiger partial charge in [0, 0.05) is 23.1 Å². The maximum Gasteiger partial charge on any atom is 0.264 e. The molecule has 3 N–H and O–H groups in total. The number of nitrogens with one attached hydrogen (secondary N) is 1. The molecule has 0 saturated carbocycles. The summed E-state index contributed by atoms with van der Waals surface area (Å²) in [5, 5.41) is 6.48. The number of allylic oxidation sites excluding steroid dienone is 1. The van der Waals surface area contributed by atoms with Crippen LogP contribution in [0.3, 0.4) is 0 Å². The summed E-state index contributed by atoms with van der Waals surface area (Å²) < 4.78 is 20.5. The van der Waals surface area contributed by atoms with E-state index in [-0.39, 0.29) is 0 Å². The highest BCUT2D eigenvalue weighted by atomic mass is 35.7. The van der Waals surface area contributed by atoms with Gasteiger partial charge in [-0.3, -0.25) is 0 Å². The van der Waals surface area contributed by atoms with Crippen LogP contribution in [0.2, 0.25) is 0 Å². The Balaban J connectivity index is 4.77. The summed E-state index contributed by atoms with van der Waals surface area (Å²) in [4.78, 5) is -0.399. The molecule has 0 spiro atoms. The lowest BCUT2D eigenvalue weighted by Gasteiger charge is -1.88. The Labute approximate surface area is 57.2 Å². The Morgan fingerprint density at radius 2 is 2.11 bits per heavy atom. The van der Waals surface area contributed by atoms with E-state index in [9.17, 15) is 8.42 Å². The Hall–Kier alpha value is -0.550. The zero-order valence-electron chi connectivity index (χ0n) is 4.33. The molecule has 0 rings (SSSR count). The molecular weight excluding hydrogens is 164 g/mol. The quantitative estimate of drug-likeness (QED) is 0.450. The predicted molar refractivity (Wildman–Crippen MR) is 35.8 cm³/mol. The summed E-state index contributed by atoms with van der Waals surface area (Å²) in [6.07, 6.45) is 1.33. The van der Waals surface area contributed by atoms with E-state index in [1.54, 1.807) is 0 Å². The van der Waals surface area contributed by atoms with Gasteiger partial charge in [-0.2, -0.15) is 0 Å². The second-order valence-corrected chi connectivity index (χ2v) is 3.72. The van der Waals surface area contributed by atoms with Gasteiger partial charge in [-0.15, -0.1) is 0 Å². The van der Waals surface area contributed by atoms with Crippen LogP contribution in [-0.2, 0) is 9.05 Å². The van der Waals surface area contributed by atoms with Crippen LogP contribution in [0.4, 0.5) is 0 Å². The van der Waals surface area contributed by atoms with Crippen molar-refractivity contribution in [3.63, 3.8) is 0 Å². The topological polar surface area (TPSA) is 84.0 Å². The van der Waals surface area contributed by atoms with Crippen LogP contribution in [0.1, 0.15) is 0 Å². The van der Waals surface area contributed by atoms with Gasteiger partial charge in [0.1, 0.15) is 4.91 Å². The SMILES string of the molecule is N=C/C(=C\N)S(=O)(=O)Cl. The predicted octanol–water partition coefficient (Wildman–Crippen LogP) is 0.00467. The monoisotopic (exact) mass is 168 g/mol. The highest BCUT2D eigenvalue weighted by Crippen LogP contribution is 2.06. The Kier molecular flexibility index (Phi) is 2.66. The van der Waals surface area contributed by atoms with Crippen LogP contribution in [0.15, 0.2) is 11.1 Å². The fourth-order valence-corrected chi connectivity index (χ4v) is 0.791. The van der Waals surface area contributed by atoms with Crippen molar-refractivity contribution in [3.8, 4) is 0 Å². The zero-order valence-corrected chi connectivity index (χ0v) is 5.91. The average molecular weight is 169 g/mol. The molecule has 0 aromatic rings. The van der Waals surface area contributed by atoms with Crippen molar-refractivity contribution < 1.29 is 8.42 Å². The molecule has 0 aliphatic rings. The highest BCUT2D eigenvalue weighted by Gasteiger charge is 2.08. The molecule has 0 bridgehead atoms. The largest absolute Gasteiger partial charge is 0.403 e. The van der Waals surface area contributed by atoms with E-state index in [1.807, 2.05) is 0 Å². The summed E-state index contributed by atoms with van der Waals surface area (Å²) in [5.41, 5.74) is 4.79. The molecule has 0 saturated heterocycles. The van der Waals surface area contributed by atoms with Gasteiger partial charge >= 0.3 is 0 Å². The van der Waals surface area contributed by atoms with Gasteiger partial charge in [-0.05, 0) is 0 Å². The summed E-state index contributed by atoms with van der Waals surface area (Å²) in [6, 6.07) is 0. The summed E-state index contributed by atoms with van der Waals surface area (Å²) in [6.45, 7) is 0. The number of halogens is 1. The van der Waals surface area contributed by atoms with Crippen LogP contribution in [0.5, 0.6) is 0 Å². The van der Waals surface area contributed by atoms with Crippen molar-refractivity contribution >= 4 is 25.9 Å². The molecule has 52 valence electrons. The second kappa shape index (κ2) is 2.84. The van der Waals surface area contributed by atoms with Crippen molar-refractivity contribution in [1.82, 2.24) is 0 Å². The summed E-state index contributed by atoms with van der Waals surface area (Å²) in [7, 11) is 0.972. The molecule has 0 fully saturated rings. The maximum atomic E-state index is 10.3. The van der Waals surface area contributed by atoms with Gasteiger partial charge in [-0.1, -0.05) is 0 Å². The third kappa shape index (κ3) is 2.48. The molecule has 0 aliphatic carbocycles. The Bertz CT molecular complexity index is 230. The van der Waals surface area contributed by atoms with Gasteiger partial charge in [-0.25, -0.2) is 8.42 Å². The summed E-state index contributed by atoms with van der Waals surface area (Å²) in [5.74, 6) is 0. The van der Waals surface area contributed by atoms with Gasteiger partial charge < -0.3 is 11.1 Å². The average Bonchev–Trinajstić information content (AvgIpc) is 1.65. The minimum atomic E-state index is -3.80. The van der Waals surface area contributed by atoms with Crippen molar-refractivity contribution in [2.24, 2.45) is 5.73 Å². The molecule has 0 aromatic heterocycles. The van der Waals surface area contributed by atoms with Gasteiger partial charge in [0.25, 0.3) is 9.05 Å². The number of hydrogen-bond acceptors (Lipinski definition) is 4. The van der Waals surface area contributed by atoms with Crippen LogP contribution < -0.4 is 5.73 Å². The van der Waals surface area contributed by atoms with Crippen LogP contribution >= 0.6 is 10.7 Å². The van der Waals surface area contributed by atoms with Gasteiger partial charge in [0.15, 0.2) is 0 Å². The molecule has 4 nitrogen and oxygen atoms in total. The van der Waals surface area contributed by atoms with E-state index in [1.165, 1.54) is 0 Å². The number of rotatable bonds is 2. The van der Waals surface area contributed by atoms with Crippen LogP contribution in [0, 0.1) is 5.41 Å². The van der Waals surface area contributed by atoms with Crippen molar-refractivity contribution in [3.05, 3.63) is 11.1 Å². The molecule has 0 aromatic carbocycles. The van der Waals surface area contributed by atoms with Crippen molar-refractivity contribution in [2.45, 2.75) is 0 Å². The van der Waals surface area contributed by atoms with E-state index in [0.29, 0.717) is 6.21 Å².